The minimum Gasteiger partial charge on any atom is -0.497 e. The zero-order chi connectivity index (χ0) is 23.4. The number of anilines is 1. The molecule has 1 amide bonds. The number of amides is 1. The standard InChI is InChI=1S/C26H29FN4O2/c1-30(2)26-28-16-23(19-8-5-10-21(27)15-19)25(29-26)20-9-6-12-31(17-20)24(32)14-18-7-4-11-22(13-18)33-3/h4-5,7-8,10-11,13,15-16,20H,6,9,12,14,17H2,1-3H3. The van der Waals surface area contributed by atoms with Crippen LogP contribution in [0.25, 0.3) is 11.1 Å². The number of aromatic nitrogens is 2. The van der Waals surface area contributed by atoms with Crippen LogP contribution in [0.2, 0.25) is 0 Å². The van der Waals surface area contributed by atoms with E-state index < -0.39 is 0 Å². The lowest BCUT2D eigenvalue weighted by molar-refractivity contribution is -0.131. The van der Waals surface area contributed by atoms with Gasteiger partial charge in [0, 0.05) is 44.9 Å². The minimum absolute atomic E-state index is 0.0491. The molecule has 0 aliphatic carbocycles. The SMILES string of the molecule is COc1cccc(CC(=O)N2CCCC(c3nc(N(C)C)ncc3-c3cccc(F)c3)C2)c1. The van der Waals surface area contributed by atoms with Crippen LogP contribution in [0.1, 0.15) is 30.0 Å². The van der Waals surface area contributed by atoms with Crippen LogP contribution in [-0.4, -0.2) is 55.1 Å². The van der Waals surface area contributed by atoms with Gasteiger partial charge in [-0.2, -0.15) is 0 Å². The van der Waals surface area contributed by atoms with Gasteiger partial charge >= 0.3 is 0 Å². The second-order valence-electron chi connectivity index (χ2n) is 8.58. The van der Waals surface area contributed by atoms with Crippen molar-refractivity contribution in [1.29, 1.82) is 0 Å². The fourth-order valence-corrected chi connectivity index (χ4v) is 4.29. The van der Waals surface area contributed by atoms with Crippen molar-refractivity contribution in [2.45, 2.75) is 25.2 Å². The van der Waals surface area contributed by atoms with Gasteiger partial charge in [0.25, 0.3) is 0 Å². The molecule has 1 fully saturated rings. The second kappa shape index (κ2) is 9.98. The lowest BCUT2D eigenvalue weighted by Crippen LogP contribution is -2.40. The van der Waals surface area contributed by atoms with Gasteiger partial charge in [-0.15, -0.1) is 0 Å². The molecule has 0 bridgehead atoms. The molecule has 0 radical (unpaired) electrons. The maximum absolute atomic E-state index is 14.0. The van der Waals surface area contributed by atoms with Crippen LogP contribution in [-0.2, 0) is 11.2 Å². The molecule has 1 aliphatic rings. The molecule has 1 aromatic heterocycles. The number of halogens is 1. The van der Waals surface area contributed by atoms with Crippen molar-refractivity contribution < 1.29 is 13.9 Å². The highest BCUT2D eigenvalue weighted by atomic mass is 19.1. The van der Waals surface area contributed by atoms with Crippen LogP contribution in [0.4, 0.5) is 10.3 Å². The quantitative estimate of drug-likeness (QED) is 0.563. The zero-order valence-corrected chi connectivity index (χ0v) is 19.3. The van der Waals surface area contributed by atoms with Crippen LogP contribution in [0.3, 0.4) is 0 Å². The largest absolute Gasteiger partial charge is 0.497 e. The Labute approximate surface area is 194 Å². The van der Waals surface area contributed by atoms with E-state index in [-0.39, 0.29) is 17.6 Å². The molecule has 3 aromatic rings. The van der Waals surface area contributed by atoms with E-state index in [0.29, 0.717) is 18.9 Å². The number of hydrogen-bond acceptors (Lipinski definition) is 5. The van der Waals surface area contributed by atoms with Crippen LogP contribution in [0, 0.1) is 5.82 Å². The molecule has 0 N–H and O–H groups in total. The Morgan fingerprint density at radius 1 is 1.21 bits per heavy atom. The van der Waals surface area contributed by atoms with Gasteiger partial charge in [-0.1, -0.05) is 24.3 Å². The number of ether oxygens (including phenoxy) is 1. The average molecular weight is 449 g/mol. The first-order valence-electron chi connectivity index (χ1n) is 11.2. The Bertz CT molecular complexity index is 1130. The first-order valence-corrected chi connectivity index (χ1v) is 11.2. The van der Waals surface area contributed by atoms with Crippen LogP contribution >= 0.6 is 0 Å². The van der Waals surface area contributed by atoms with Crippen LogP contribution in [0.5, 0.6) is 5.75 Å². The van der Waals surface area contributed by atoms with E-state index in [4.69, 9.17) is 9.72 Å². The predicted octanol–water partition coefficient (Wildman–Crippen LogP) is 4.31. The van der Waals surface area contributed by atoms with E-state index in [1.807, 2.05) is 54.2 Å². The summed E-state index contributed by atoms with van der Waals surface area (Å²) in [5, 5.41) is 0. The van der Waals surface area contributed by atoms with Crippen molar-refractivity contribution in [2.24, 2.45) is 0 Å². The summed E-state index contributed by atoms with van der Waals surface area (Å²) < 4.78 is 19.2. The lowest BCUT2D eigenvalue weighted by atomic mass is 9.89. The number of methoxy groups -OCH3 is 1. The zero-order valence-electron chi connectivity index (χ0n) is 19.3. The van der Waals surface area contributed by atoms with Gasteiger partial charge in [-0.05, 0) is 48.2 Å². The summed E-state index contributed by atoms with van der Waals surface area (Å²) in [6.45, 7) is 1.30. The number of carbonyl (C=O) groups is 1. The molecule has 4 rings (SSSR count). The molecule has 2 heterocycles. The third-order valence-corrected chi connectivity index (χ3v) is 5.99. The number of nitrogens with zero attached hydrogens (tertiary/aromatic N) is 4. The van der Waals surface area contributed by atoms with Crippen molar-refractivity contribution in [1.82, 2.24) is 14.9 Å². The summed E-state index contributed by atoms with van der Waals surface area (Å²) in [4.78, 5) is 26.2. The van der Waals surface area contributed by atoms with Gasteiger partial charge < -0.3 is 14.5 Å². The smallest absolute Gasteiger partial charge is 0.227 e. The monoisotopic (exact) mass is 448 g/mol. The average Bonchev–Trinajstić information content (AvgIpc) is 2.83. The maximum Gasteiger partial charge on any atom is 0.227 e. The topological polar surface area (TPSA) is 58.6 Å². The van der Waals surface area contributed by atoms with Gasteiger partial charge in [0.2, 0.25) is 11.9 Å². The number of likely N-dealkylation sites (tertiary alicyclic amines) is 1. The van der Waals surface area contributed by atoms with Crippen molar-refractivity contribution in [2.75, 3.05) is 39.2 Å². The van der Waals surface area contributed by atoms with E-state index in [1.54, 1.807) is 19.4 Å². The summed E-state index contributed by atoms with van der Waals surface area (Å²) in [6, 6.07) is 14.1. The Kier molecular flexibility index (Phi) is 6.87. The third kappa shape index (κ3) is 5.30. The Morgan fingerprint density at radius 3 is 2.79 bits per heavy atom. The molecular weight excluding hydrogens is 419 g/mol. The molecular formula is C26H29FN4O2. The molecule has 6 nitrogen and oxygen atoms in total. The number of hydrogen-bond donors (Lipinski definition) is 0. The third-order valence-electron chi connectivity index (χ3n) is 5.99. The van der Waals surface area contributed by atoms with Crippen molar-refractivity contribution in [3.63, 3.8) is 0 Å². The predicted molar refractivity (Wildman–Crippen MR) is 127 cm³/mol. The van der Waals surface area contributed by atoms with Crippen molar-refractivity contribution >= 4 is 11.9 Å². The van der Waals surface area contributed by atoms with Gasteiger partial charge in [-0.3, -0.25) is 4.79 Å². The molecule has 2 aromatic carbocycles. The highest BCUT2D eigenvalue weighted by molar-refractivity contribution is 5.79. The first-order chi connectivity index (χ1) is 15.9. The van der Waals surface area contributed by atoms with E-state index in [0.717, 1.165) is 47.5 Å². The molecule has 1 saturated heterocycles. The van der Waals surface area contributed by atoms with Gasteiger partial charge in [-0.25, -0.2) is 14.4 Å². The van der Waals surface area contributed by atoms with Gasteiger partial charge in [0.15, 0.2) is 0 Å². The highest BCUT2D eigenvalue weighted by Gasteiger charge is 2.28. The fraction of sp³-hybridized carbons (Fsp3) is 0.346. The first kappa shape index (κ1) is 22.7. The van der Waals surface area contributed by atoms with Crippen molar-refractivity contribution in [3.8, 4) is 16.9 Å². The van der Waals surface area contributed by atoms with E-state index >= 15 is 0 Å². The molecule has 1 atom stereocenters. The Morgan fingerprint density at radius 2 is 2.03 bits per heavy atom. The summed E-state index contributed by atoms with van der Waals surface area (Å²) in [5.74, 6) is 1.18. The number of rotatable bonds is 6. The molecule has 1 unspecified atom stereocenters. The Balaban J connectivity index is 1.60. The lowest BCUT2D eigenvalue weighted by Gasteiger charge is -2.33. The molecule has 0 saturated carbocycles. The summed E-state index contributed by atoms with van der Waals surface area (Å²) in [6.07, 6.45) is 3.89. The van der Waals surface area contributed by atoms with Crippen LogP contribution < -0.4 is 9.64 Å². The normalized spacial score (nSPS) is 15.9. The maximum atomic E-state index is 14.0. The Hall–Kier alpha value is -3.48. The summed E-state index contributed by atoms with van der Waals surface area (Å²) >= 11 is 0. The van der Waals surface area contributed by atoms with Gasteiger partial charge in [0.1, 0.15) is 11.6 Å². The summed E-state index contributed by atoms with van der Waals surface area (Å²) in [7, 11) is 5.41. The summed E-state index contributed by atoms with van der Waals surface area (Å²) in [5.41, 5.74) is 3.35. The second-order valence-corrected chi connectivity index (χ2v) is 8.58. The number of carbonyl (C=O) groups excluding carboxylic acids is 1. The molecule has 1 aliphatic heterocycles. The fourth-order valence-electron chi connectivity index (χ4n) is 4.29. The highest BCUT2D eigenvalue weighted by Crippen LogP contribution is 2.34. The molecule has 172 valence electrons. The molecule has 7 heteroatoms. The minimum atomic E-state index is -0.297. The molecule has 33 heavy (non-hydrogen) atoms. The molecule has 0 spiro atoms. The van der Waals surface area contributed by atoms with Crippen LogP contribution in [0.15, 0.2) is 54.7 Å². The van der Waals surface area contributed by atoms with E-state index in [9.17, 15) is 9.18 Å². The number of benzene rings is 2. The van der Waals surface area contributed by atoms with E-state index in [2.05, 4.69) is 4.98 Å². The number of piperidine rings is 1. The van der Waals surface area contributed by atoms with Gasteiger partial charge in [0.05, 0.1) is 19.2 Å². The van der Waals surface area contributed by atoms with E-state index in [1.165, 1.54) is 12.1 Å². The van der Waals surface area contributed by atoms with Crippen molar-refractivity contribution in [3.05, 3.63) is 71.8 Å².